The third-order valence-electron chi connectivity index (χ3n) is 4.68. The van der Waals surface area contributed by atoms with Crippen LogP contribution in [-0.2, 0) is 0 Å². The van der Waals surface area contributed by atoms with Crippen LogP contribution in [0.25, 0.3) is 11.4 Å². The van der Waals surface area contributed by atoms with Gasteiger partial charge in [-0.2, -0.15) is 4.98 Å². The summed E-state index contributed by atoms with van der Waals surface area (Å²) >= 11 is 6.06. The molecule has 1 saturated heterocycles. The van der Waals surface area contributed by atoms with Gasteiger partial charge in [-0.1, -0.05) is 40.5 Å². The second kappa shape index (κ2) is 7.12. The molecule has 0 radical (unpaired) electrons. The van der Waals surface area contributed by atoms with Crippen LogP contribution in [0.5, 0.6) is 0 Å². The van der Waals surface area contributed by atoms with Gasteiger partial charge in [0.15, 0.2) is 0 Å². The van der Waals surface area contributed by atoms with Gasteiger partial charge in [0.25, 0.3) is 5.91 Å². The summed E-state index contributed by atoms with van der Waals surface area (Å²) < 4.78 is 18.7. The zero-order chi connectivity index (χ0) is 19.0. The van der Waals surface area contributed by atoms with Gasteiger partial charge < -0.3 is 9.42 Å². The van der Waals surface area contributed by atoms with Crippen molar-refractivity contribution in [1.82, 2.24) is 15.0 Å². The zero-order valence-electron chi connectivity index (χ0n) is 14.7. The smallest absolute Gasteiger partial charge is 0.256 e. The molecule has 27 heavy (non-hydrogen) atoms. The zero-order valence-corrected chi connectivity index (χ0v) is 15.4. The summed E-state index contributed by atoms with van der Waals surface area (Å²) in [5.74, 6) is 0.149. The van der Waals surface area contributed by atoms with Crippen LogP contribution in [-0.4, -0.2) is 27.5 Å². The molecule has 3 aromatic rings. The molecule has 0 aliphatic carbocycles. The van der Waals surface area contributed by atoms with Crippen LogP contribution in [0, 0.1) is 12.7 Å². The number of benzene rings is 2. The number of aryl methyl sites for hydroxylation is 1. The van der Waals surface area contributed by atoms with E-state index in [9.17, 15) is 9.18 Å². The first-order valence-electron chi connectivity index (χ1n) is 8.69. The molecule has 1 amide bonds. The lowest BCUT2D eigenvalue weighted by Crippen LogP contribution is -2.31. The maximum absolute atomic E-state index is 13.3. The van der Waals surface area contributed by atoms with Crippen LogP contribution in [0.2, 0.25) is 5.02 Å². The quantitative estimate of drug-likeness (QED) is 0.648. The van der Waals surface area contributed by atoms with Gasteiger partial charge >= 0.3 is 0 Å². The summed E-state index contributed by atoms with van der Waals surface area (Å²) in [5.41, 5.74) is 2.23. The van der Waals surface area contributed by atoms with Crippen molar-refractivity contribution >= 4 is 17.5 Å². The van der Waals surface area contributed by atoms with Crippen LogP contribution in [0.3, 0.4) is 0 Å². The highest BCUT2D eigenvalue weighted by atomic mass is 35.5. The number of carbonyl (C=O) groups excluding carboxylic acids is 1. The van der Waals surface area contributed by atoms with E-state index >= 15 is 0 Å². The normalized spacial score (nSPS) is 16.7. The van der Waals surface area contributed by atoms with Crippen molar-refractivity contribution in [2.24, 2.45) is 0 Å². The van der Waals surface area contributed by atoms with E-state index in [0.29, 0.717) is 18.3 Å². The molecule has 5 nitrogen and oxygen atoms in total. The highest BCUT2D eigenvalue weighted by Crippen LogP contribution is 2.34. The van der Waals surface area contributed by atoms with Gasteiger partial charge in [0.2, 0.25) is 11.7 Å². The average molecular weight is 386 g/mol. The van der Waals surface area contributed by atoms with Crippen molar-refractivity contribution < 1.29 is 13.7 Å². The van der Waals surface area contributed by atoms with Gasteiger partial charge in [-0.25, -0.2) is 4.39 Å². The second-order valence-electron chi connectivity index (χ2n) is 6.61. The van der Waals surface area contributed by atoms with Gasteiger partial charge in [-0.3, -0.25) is 4.79 Å². The van der Waals surface area contributed by atoms with Crippen LogP contribution in [0.1, 0.15) is 40.7 Å². The fraction of sp³-hybridized carbons (Fsp3) is 0.250. The molecule has 4 rings (SSSR count). The molecule has 0 spiro atoms. The molecule has 2 heterocycles. The Morgan fingerprint density at radius 2 is 2.15 bits per heavy atom. The molecule has 1 fully saturated rings. The van der Waals surface area contributed by atoms with E-state index in [2.05, 4.69) is 10.1 Å². The van der Waals surface area contributed by atoms with Crippen LogP contribution in [0.15, 0.2) is 47.0 Å². The number of amides is 1. The van der Waals surface area contributed by atoms with E-state index in [1.165, 1.54) is 12.1 Å². The Labute approximate surface area is 160 Å². The molecule has 0 saturated carbocycles. The van der Waals surface area contributed by atoms with Crippen LogP contribution < -0.4 is 0 Å². The third kappa shape index (κ3) is 3.45. The van der Waals surface area contributed by atoms with Crippen molar-refractivity contribution in [2.75, 3.05) is 6.54 Å². The number of hydrogen-bond acceptors (Lipinski definition) is 4. The lowest BCUT2D eigenvalue weighted by atomic mass is 10.1. The molecular formula is C20H17ClFN3O2. The van der Waals surface area contributed by atoms with Crippen molar-refractivity contribution in [1.29, 1.82) is 0 Å². The van der Waals surface area contributed by atoms with Gasteiger partial charge in [-0.05, 0) is 44.0 Å². The highest BCUT2D eigenvalue weighted by molar-refractivity contribution is 6.33. The molecule has 0 unspecified atom stereocenters. The third-order valence-corrected chi connectivity index (χ3v) is 4.99. The summed E-state index contributed by atoms with van der Waals surface area (Å²) in [6.07, 6.45) is 1.54. The van der Waals surface area contributed by atoms with E-state index in [4.69, 9.17) is 16.1 Å². The standard InChI is InChI=1S/C20H17ClFN3O2/c1-12-4-2-5-13(10-12)18-23-19(27-24-18)17-6-3-9-25(17)20(26)15-8-7-14(22)11-16(15)21/h2,4-5,7-8,10-11,17H,3,6,9H2,1H3/t17-/m0/s1. The maximum Gasteiger partial charge on any atom is 0.256 e. The van der Waals surface area contributed by atoms with Crippen LogP contribution in [0.4, 0.5) is 4.39 Å². The summed E-state index contributed by atoms with van der Waals surface area (Å²) in [6, 6.07) is 11.3. The predicted molar refractivity (Wildman–Crippen MR) is 98.9 cm³/mol. The number of carbonyl (C=O) groups is 1. The first kappa shape index (κ1) is 17.7. The van der Waals surface area contributed by atoms with E-state index in [-0.39, 0.29) is 22.5 Å². The number of likely N-dealkylation sites (tertiary alicyclic amines) is 1. The summed E-state index contributed by atoms with van der Waals surface area (Å²) in [7, 11) is 0. The Kier molecular flexibility index (Phi) is 4.66. The van der Waals surface area contributed by atoms with Gasteiger partial charge in [0.05, 0.1) is 10.6 Å². The fourth-order valence-corrected chi connectivity index (χ4v) is 3.60. The number of nitrogens with zero attached hydrogens (tertiary/aromatic N) is 3. The number of halogens is 2. The maximum atomic E-state index is 13.3. The minimum absolute atomic E-state index is 0.0941. The van der Waals surface area contributed by atoms with Gasteiger partial charge in [0.1, 0.15) is 11.9 Å². The minimum Gasteiger partial charge on any atom is -0.337 e. The van der Waals surface area contributed by atoms with Crippen molar-refractivity contribution in [3.63, 3.8) is 0 Å². The van der Waals surface area contributed by atoms with E-state index in [1.807, 2.05) is 31.2 Å². The number of hydrogen-bond donors (Lipinski definition) is 0. The molecular weight excluding hydrogens is 369 g/mol. The molecule has 0 N–H and O–H groups in total. The Hall–Kier alpha value is -2.73. The SMILES string of the molecule is Cc1cccc(-c2noc([C@@H]3CCCN3C(=O)c3ccc(F)cc3Cl)n2)c1. The molecule has 1 aliphatic rings. The summed E-state index contributed by atoms with van der Waals surface area (Å²) in [6.45, 7) is 2.55. The van der Waals surface area contributed by atoms with E-state index in [1.54, 1.807) is 4.90 Å². The number of aromatic nitrogens is 2. The number of rotatable bonds is 3. The first-order valence-corrected chi connectivity index (χ1v) is 9.07. The Morgan fingerprint density at radius 1 is 1.30 bits per heavy atom. The van der Waals surface area contributed by atoms with Crippen LogP contribution >= 0.6 is 11.6 Å². The Morgan fingerprint density at radius 3 is 2.93 bits per heavy atom. The molecule has 7 heteroatoms. The van der Waals surface area contributed by atoms with E-state index in [0.717, 1.165) is 30.0 Å². The Bertz CT molecular complexity index is 1000. The van der Waals surface area contributed by atoms with E-state index < -0.39 is 5.82 Å². The second-order valence-corrected chi connectivity index (χ2v) is 7.01. The first-order chi connectivity index (χ1) is 13.0. The largest absolute Gasteiger partial charge is 0.337 e. The molecule has 2 aromatic carbocycles. The average Bonchev–Trinajstić information content (AvgIpc) is 3.30. The molecule has 1 aromatic heterocycles. The predicted octanol–water partition coefficient (Wildman–Crippen LogP) is 4.81. The molecule has 0 bridgehead atoms. The van der Waals surface area contributed by atoms with Crippen molar-refractivity contribution in [3.05, 3.63) is 70.3 Å². The minimum atomic E-state index is -0.478. The van der Waals surface area contributed by atoms with Crippen molar-refractivity contribution in [3.8, 4) is 11.4 Å². The van der Waals surface area contributed by atoms with Gasteiger partial charge in [0, 0.05) is 12.1 Å². The Balaban J connectivity index is 1.61. The molecule has 138 valence electrons. The van der Waals surface area contributed by atoms with Crippen molar-refractivity contribution in [2.45, 2.75) is 25.8 Å². The monoisotopic (exact) mass is 385 g/mol. The lowest BCUT2D eigenvalue weighted by molar-refractivity contribution is 0.0710. The molecule has 1 atom stereocenters. The summed E-state index contributed by atoms with van der Waals surface area (Å²) in [5, 5.41) is 4.16. The summed E-state index contributed by atoms with van der Waals surface area (Å²) in [4.78, 5) is 19.1. The lowest BCUT2D eigenvalue weighted by Gasteiger charge is -2.22. The van der Waals surface area contributed by atoms with Gasteiger partial charge in [-0.15, -0.1) is 0 Å². The topological polar surface area (TPSA) is 59.2 Å². The highest BCUT2D eigenvalue weighted by Gasteiger charge is 2.35. The molecule has 1 aliphatic heterocycles. The fourth-order valence-electron chi connectivity index (χ4n) is 3.36.